The van der Waals surface area contributed by atoms with Gasteiger partial charge in [-0.05, 0) is 37.5 Å². The molecule has 0 N–H and O–H groups in total. The second-order valence-corrected chi connectivity index (χ2v) is 8.37. The lowest BCUT2D eigenvalue weighted by atomic mass is 10.1. The Morgan fingerprint density at radius 3 is 2.71 bits per heavy atom. The highest BCUT2D eigenvalue weighted by Crippen LogP contribution is 2.33. The number of rotatable bonds is 3. The molecule has 0 radical (unpaired) electrons. The molecule has 24 heavy (non-hydrogen) atoms. The lowest BCUT2D eigenvalue weighted by Crippen LogP contribution is -2.31. The Labute approximate surface area is 142 Å². The summed E-state index contributed by atoms with van der Waals surface area (Å²) < 4.78 is 25.3. The van der Waals surface area contributed by atoms with Crippen molar-refractivity contribution in [2.75, 3.05) is 12.8 Å². The molecule has 0 saturated carbocycles. The molecule has 1 aromatic carbocycles. The zero-order valence-electron chi connectivity index (χ0n) is 14.1. The standard InChI is InChI=1S/C17H21N3O3S/c1-12-6-7-14(24(3,22)23)9-15(12)17(21)20-8-4-5-16(20)13-10-18-19(2)11-13/h6-7,9-11,16H,4-5,8H2,1-3H3/t16-/m1/s1. The maximum atomic E-state index is 13.0. The highest BCUT2D eigenvalue weighted by Gasteiger charge is 2.32. The van der Waals surface area contributed by atoms with E-state index in [9.17, 15) is 13.2 Å². The molecule has 128 valence electrons. The quantitative estimate of drug-likeness (QED) is 0.852. The summed E-state index contributed by atoms with van der Waals surface area (Å²) in [7, 11) is -1.49. The predicted octanol–water partition coefficient (Wildman–Crippen LogP) is 2.11. The molecule has 1 fully saturated rings. The summed E-state index contributed by atoms with van der Waals surface area (Å²) in [5.41, 5.74) is 2.25. The lowest BCUT2D eigenvalue weighted by Gasteiger charge is -2.25. The summed E-state index contributed by atoms with van der Waals surface area (Å²) in [5.74, 6) is -0.121. The highest BCUT2D eigenvalue weighted by atomic mass is 32.2. The van der Waals surface area contributed by atoms with E-state index in [4.69, 9.17) is 0 Å². The molecule has 3 rings (SSSR count). The van der Waals surface area contributed by atoms with Crippen LogP contribution in [-0.2, 0) is 16.9 Å². The van der Waals surface area contributed by atoms with Crippen molar-refractivity contribution in [3.8, 4) is 0 Å². The number of nitrogens with zero attached hydrogens (tertiary/aromatic N) is 3. The zero-order valence-corrected chi connectivity index (χ0v) is 14.9. The number of aromatic nitrogens is 2. The van der Waals surface area contributed by atoms with Crippen LogP contribution in [-0.4, -0.2) is 41.8 Å². The Balaban J connectivity index is 1.96. The molecule has 0 unspecified atom stereocenters. The Morgan fingerprint density at radius 2 is 2.08 bits per heavy atom. The Kier molecular flexibility index (Phi) is 4.21. The molecule has 1 saturated heterocycles. The van der Waals surface area contributed by atoms with Crippen molar-refractivity contribution >= 4 is 15.7 Å². The third kappa shape index (κ3) is 3.08. The van der Waals surface area contributed by atoms with Gasteiger partial charge in [0.2, 0.25) is 0 Å². The SMILES string of the molecule is Cc1ccc(S(C)(=O)=O)cc1C(=O)N1CCC[C@@H]1c1cnn(C)c1. The van der Waals surface area contributed by atoms with Gasteiger partial charge in [-0.2, -0.15) is 5.10 Å². The van der Waals surface area contributed by atoms with Crippen molar-refractivity contribution in [2.24, 2.45) is 7.05 Å². The second kappa shape index (κ2) is 6.05. The fraction of sp³-hybridized carbons (Fsp3) is 0.412. The van der Waals surface area contributed by atoms with Gasteiger partial charge in [-0.3, -0.25) is 9.48 Å². The van der Waals surface area contributed by atoms with Crippen molar-refractivity contribution in [2.45, 2.75) is 30.7 Å². The molecule has 7 heteroatoms. The van der Waals surface area contributed by atoms with E-state index in [0.29, 0.717) is 12.1 Å². The van der Waals surface area contributed by atoms with Gasteiger partial charge in [0.25, 0.3) is 5.91 Å². The van der Waals surface area contributed by atoms with Crippen LogP contribution in [0, 0.1) is 6.92 Å². The number of amides is 1. The van der Waals surface area contributed by atoms with Crippen LogP contribution < -0.4 is 0 Å². The summed E-state index contributed by atoms with van der Waals surface area (Å²) in [6.45, 7) is 2.50. The minimum atomic E-state index is -3.35. The van der Waals surface area contributed by atoms with Crippen molar-refractivity contribution in [1.82, 2.24) is 14.7 Å². The average molecular weight is 347 g/mol. The molecule has 1 aromatic heterocycles. The lowest BCUT2D eigenvalue weighted by molar-refractivity contribution is 0.0734. The van der Waals surface area contributed by atoms with Crippen LogP contribution in [0.3, 0.4) is 0 Å². The van der Waals surface area contributed by atoms with Gasteiger partial charge in [-0.1, -0.05) is 6.07 Å². The number of aryl methyl sites for hydroxylation is 2. The third-order valence-corrected chi connectivity index (χ3v) is 5.60. The van der Waals surface area contributed by atoms with E-state index in [1.165, 1.54) is 6.07 Å². The summed E-state index contributed by atoms with van der Waals surface area (Å²) in [6, 6.07) is 4.72. The van der Waals surface area contributed by atoms with E-state index < -0.39 is 9.84 Å². The molecular weight excluding hydrogens is 326 g/mol. The number of benzene rings is 1. The average Bonchev–Trinajstić information content (AvgIpc) is 3.14. The molecule has 0 bridgehead atoms. The topological polar surface area (TPSA) is 72.3 Å². The van der Waals surface area contributed by atoms with Gasteiger partial charge in [0.15, 0.2) is 9.84 Å². The molecule has 0 aliphatic carbocycles. The van der Waals surface area contributed by atoms with Crippen LogP contribution in [0.4, 0.5) is 0 Å². The van der Waals surface area contributed by atoms with Crippen LogP contribution in [0.2, 0.25) is 0 Å². The third-order valence-electron chi connectivity index (χ3n) is 4.49. The second-order valence-electron chi connectivity index (χ2n) is 6.35. The fourth-order valence-corrected chi connectivity index (χ4v) is 3.83. The van der Waals surface area contributed by atoms with Crippen molar-refractivity contribution in [1.29, 1.82) is 0 Å². The minimum Gasteiger partial charge on any atom is -0.331 e. The van der Waals surface area contributed by atoms with E-state index in [2.05, 4.69) is 5.10 Å². The molecule has 1 aliphatic rings. The van der Waals surface area contributed by atoms with Crippen molar-refractivity contribution < 1.29 is 13.2 Å². The monoisotopic (exact) mass is 347 g/mol. The van der Waals surface area contributed by atoms with E-state index >= 15 is 0 Å². The first-order valence-electron chi connectivity index (χ1n) is 7.87. The molecule has 1 amide bonds. The Hall–Kier alpha value is -2.15. The summed E-state index contributed by atoms with van der Waals surface area (Å²) in [5, 5.41) is 4.19. The number of carbonyl (C=O) groups excluding carboxylic acids is 1. The normalized spacial score (nSPS) is 18.1. The van der Waals surface area contributed by atoms with E-state index in [0.717, 1.165) is 30.2 Å². The van der Waals surface area contributed by atoms with Crippen molar-refractivity contribution in [3.05, 3.63) is 47.3 Å². The largest absolute Gasteiger partial charge is 0.331 e. The van der Waals surface area contributed by atoms with E-state index in [-0.39, 0.29) is 16.8 Å². The summed E-state index contributed by atoms with van der Waals surface area (Å²) in [4.78, 5) is 15.0. The Morgan fingerprint density at radius 1 is 1.33 bits per heavy atom. The maximum Gasteiger partial charge on any atom is 0.254 e. The van der Waals surface area contributed by atoms with Crippen LogP contribution >= 0.6 is 0 Å². The number of carbonyl (C=O) groups is 1. The number of sulfone groups is 1. The van der Waals surface area contributed by atoms with Gasteiger partial charge < -0.3 is 4.90 Å². The molecule has 0 spiro atoms. The predicted molar refractivity (Wildman–Crippen MR) is 90.5 cm³/mol. The maximum absolute atomic E-state index is 13.0. The van der Waals surface area contributed by atoms with Crippen LogP contribution in [0.1, 0.15) is 40.4 Å². The van der Waals surface area contributed by atoms with E-state index in [1.807, 2.05) is 25.1 Å². The molecular formula is C17H21N3O3S. The number of hydrogen-bond acceptors (Lipinski definition) is 4. The van der Waals surface area contributed by atoms with E-state index in [1.54, 1.807) is 23.0 Å². The minimum absolute atomic E-state index is 0.00695. The number of hydrogen-bond donors (Lipinski definition) is 0. The molecule has 1 atom stereocenters. The van der Waals surface area contributed by atoms with Gasteiger partial charge in [-0.15, -0.1) is 0 Å². The van der Waals surface area contributed by atoms with Gasteiger partial charge in [0.05, 0.1) is 17.1 Å². The first-order chi connectivity index (χ1) is 11.3. The highest BCUT2D eigenvalue weighted by molar-refractivity contribution is 7.90. The Bertz CT molecular complexity index is 886. The zero-order chi connectivity index (χ0) is 17.5. The molecule has 2 aromatic rings. The smallest absolute Gasteiger partial charge is 0.254 e. The van der Waals surface area contributed by atoms with Crippen molar-refractivity contribution in [3.63, 3.8) is 0 Å². The molecule has 2 heterocycles. The number of likely N-dealkylation sites (tertiary alicyclic amines) is 1. The van der Waals surface area contributed by atoms with Gasteiger partial charge in [0, 0.05) is 37.2 Å². The van der Waals surface area contributed by atoms with Gasteiger partial charge in [0.1, 0.15) is 0 Å². The van der Waals surface area contributed by atoms with Gasteiger partial charge >= 0.3 is 0 Å². The van der Waals surface area contributed by atoms with Crippen LogP contribution in [0.25, 0.3) is 0 Å². The van der Waals surface area contributed by atoms with Crippen LogP contribution in [0.15, 0.2) is 35.5 Å². The first kappa shape index (κ1) is 16.7. The van der Waals surface area contributed by atoms with Crippen LogP contribution in [0.5, 0.6) is 0 Å². The fourth-order valence-electron chi connectivity index (χ4n) is 3.19. The summed E-state index contributed by atoms with van der Waals surface area (Å²) >= 11 is 0. The van der Waals surface area contributed by atoms with Gasteiger partial charge in [-0.25, -0.2) is 8.42 Å². The molecule has 6 nitrogen and oxygen atoms in total. The molecule has 1 aliphatic heterocycles. The first-order valence-corrected chi connectivity index (χ1v) is 9.77. The summed E-state index contributed by atoms with van der Waals surface area (Å²) in [6.07, 6.45) is 6.69.